The van der Waals surface area contributed by atoms with Crippen molar-refractivity contribution in [3.05, 3.63) is 12.2 Å². The van der Waals surface area contributed by atoms with E-state index < -0.39 is 0 Å². The molecule has 0 aromatic heterocycles. The number of carbonyl (C=O) groups excluding carboxylic acids is 2. The zero-order valence-electron chi connectivity index (χ0n) is 6.28. The van der Waals surface area contributed by atoms with Gasteiger partial charge >= 0.3 is 0 Å². The van der Waals surface area contributed by atoms with Crippen LogP contribution in [0.1, 0.15) is 6.92 Å². The fraction of sp³-hybridized carbons (Fsp3) is 0.429. The van der Waals surface area contributed by atoms with Crippen molar-refractivity contribution in [3.63, 3.8) is 0 Å². The quantitative estimate of drug-likeness (QED) is 0.533. The van der Waals surface area contributed by atoms with Gasteiger partial charge in [-0.3, -0.25) is 14.5 Å². The number of carbonyl (C=O) groups is 2. The number of imide groups is 1. The molecule has 0 aliphatic carbocycles. The lowest BCUT2D eigenvalue weighted by Crippen LogP contribution is -2.42. The van der Waals surface area contributed by atoms with Crippen LogP contribution in [0.25, 0.3) is 0 Å². The summed E-state index contributed by atoms with van der Waals surface area (Å²) in [6.45, 7) is 2.04. The van der Waals surface area contributed by atoms with Crippen LogP contribution in [-0.2, 0) is 9.59 Å². The van der Waals surface area contributed by atoms with Crippen molar-refractivity contribution in [1.29, 1.82) is 0 Å². The van der Waals surface area contributed by atoms with Gasteiger partial charge in [0.1, 0.15) is 0 Å². The highest BCUT2D eigenvalue weighted by Crippen LogP contribution is 2.07. The third-order valence-corrected chi connectivity index (χ3v) is 1.63. The number of hydrogen-bond acceptors (Lipinski definition) is 3. The second-order valence-electron chi connectivity index (χ2n) is 2.46. The van der Waals surface area contributed by atoms with Crippen LogP contribution in [0.15, 0.2) is 12.2 Å². The lowest BCUT2D eigenvalue weighted by Gasteiger charge is -2.20. The highest BCUT2D eigenvalue weighted by Gasteiger charge is 2.27. The molecular weight excluding hydrogens is 144 g/mol. The Morgan fingerprint density at radius 3 is 2.27 bits per heavy atom. The number of rotatable bonds is 2. The summed E-state index contributed by atoms with van der Waals surface area (Å²) in [4.78, 5) is 23.0. The fourth-order valence-corrected chi connectivity index (χ4v) is 0.952. The van der Waals surface area contributed by atoms with Crippen molar-refractivity contribution >= 4 is 11.8 Å². The summed E-state index contributed by atoms with van der Waals surface area (Å²) in [7, 11) is 0. The molecule has 11 heavy (non-hydrogen) atoms. The Morgan fingerprint density at radius 2 is 1.91 bits per heavy atom. The van der Waals surface area contributed by atoms with E-state index in [4.69, 9.17) is 5.73 Å². The highest BCUT2D eigenvalue weighted by atomic mass is 16.2. The first kappa shape index (κ1) is 7.94. The maximum Gasteiger partial charge on any atom is 0.253 e. The second-order valence-corrected chi connectivity index (χ2v) is 2.46. The Kier molecular flexibility index (Phi) is 2.05. The van der Waals surface area contributed by atoms with Crippen molar-refractivity contribution < 1.29 is 9.59 Å². The molecule has 1 rings (SSSR count). The lowest BCUT2D eigenvalue weighted by molar-refractivity contribution is -0.138. The Balaban J connectivity index is 2.73. The molecule has 0 aromatic carbocycles. The van der Waals surface area contributed by atoms with Gasteiger partial charge in [0.15, 0.2) is 0 Å². The van der Waals surface area contributed by atoms with Crippen molar-refractivity contribution in [2.24, 2.45) is 5.73 Å². The lowest BCUT2D eigenvalue weighted by atomic mass is 10.3. The van der Waals surface area contributed by atoms with E-state index in [0.29, 0.717) is 6.54 Å². The predicted octanol–water partition coefficient (Wildman–Crippen LogP) is -0.741. The van der Waals surface area contributed by atoms with E-state index in [1.54, 1.807) is 6.92 Å². The molecule has 4 heteroatoms. The predicted molar refractivity (Wildman–Crippen MR) is 39.5 cm³/mol. The third kappa shape index (κ3) is 1.30. The SMILES string of the molecule is CC(CN)N1C(=O)C=CC1=O. The number of hydrogen-bond donors (Lipinski definition) is 1. The molecule has 1 heterocycles. The maximum atomic E-state index is 10.9. The van der Waals surface area contributed by atoms with Crippen LogP contribution in [-0.4, -0.2) is 29.3 Å². The molecule has 0 radical (unpaired) electrons. The van der Waals surface area contributed by atoms with E-state index in [1.165, 1.54) is 12.2 Å². The minimum atomic E-state index is -0.270. The molecular formula is C7H10N2O2. The van der Waals surface area contributed by atoms with E-state index in [9.17, 15) is 9.59 Å². The normalized spacial score (nSPS) is 19.6. The zero-order valence-corrected chi connectivity index (χ0v) is 6.28. The summed E-state index contributed by atoms with van der Waals surface area (Å²) in [6, 6.07) is -0.204. The monoisotopic (exact) mass is 154 g/mol. The van der Waals surface area contributed by atoms with Gasteiger partial charge < -0.3 is 5.73 Å². The van der Waals surface area contributed by atoms with Gasteiger partial charge in [-0.2, -0.15) is 0 Å². The van der Waals surface area contributed by atoms with Gasteiger partial charge in [0.05, 0.1) is 0 Å². The van der Waals surface area contributed by atoms with E-state index in [-0.39, 0.29) is 17.9 Å². The van der Waals surface area contributed by atoms with E-state index in [1.807, 2.05) is 0 Å². The van der Waals surface area contributed by atoms with Gasteiger partial charge in [0.25, 0.3) is 11.8 Å². The molecule has 1 aliphatic heterocycles. The minimum Gasteiger partial charge on any atom is -0.328 e. The first-order valence-electron chi connectivity index (χ1n) is 3.42. The molecule has 1 unspecified atom stereocenters. The minimum absolute atomic E-state index is 0.204. The molecule has 2 amide bonds. The van der Waals surface area contributed by atoms with Crippen molar-refractivity contribution in [1.82, 2.24) is 4.90 Å². The maximum absolute atomic E-state index is 10.9. The van der Waals surface area contributed by atoms with Gasteiger partial charge in [0, 0.05) is 24.7 Å². The standard InChI is InChI=1S/C7H10N2O2/c1-5(4-8)9-6(10)2-3-7(9)11/h2-3,5H,4,8H2,1H3. The van der Waals surface area contributed by atoms with E-state index in [2.05, 4.69) is 0 Å². The van der Waals surface area contributed by atoms with Crippen LogP contribution in [0.2, 0.25) is 0 Å². The average Bonchev–Trinajstić information content (AvgIpc) is 2.30. The third-order valence-electron chi connectivity index (χ3n) is 1.63. The highest BCUT2D eigenvalue weighted by molar-refractivity contribution is 6.13. The zero-order chi connectivity index (χ0) is 8.43. The van der Waals surface area contributed by atoms with E-state index >= 15 is 0 Å². The van der Waals surface area contributed by atoms with Crippen molar-refractivity contribution in [2.45, 2.75) is 13.0 Å². The number of amides is 2. The van der Waals surface area contributed by atoms with Gasteiger partial charge in [-0.15, -0.1) is 0 Å². The fourth-order valence-electron chi connectivity index (χ4n) is 0.952. The molecule has 4 nitrogen and oxygen atoms in total. The Labute approximate surface area is 64.7 Å². The summed E-state index contributed by atoms with van der Waals surface area (Å²) < 4.78 is 0. The van der Waals surface area contributed by atoms with Crippen LogP contribution in [0, 0.1) is 0 Å². The molecule has 1 aliphatic rings. The Bertz CT molecular complexity index is 204. The van der Waals surface area contributed by atoms with Gasteiger partial charge in [-0.1, -0.05) is 0 Å². The van der Waals surface area contributed by atoms with E-state index in [0.717, 1.165) is 4.90 Å². The first-order valence-corrected chi connectivity index (χ1v) is 3.42. The summed E-state index contributed by atoms with van der Waals surface area (Å²) in [5.41, 5.74) is 5.30. The number of nitrogens with two attached hydrogens (primary N) is 1. The summed E-state index contributed by atoms with van der Waals surface area (Å²) >= 11 is 0. The van der Waals surface area contributed by atoms with Crippen LogP contribution < -0.4 is 5.73 Å². The van der Waals surface area contributed by atoms with Crippen LogP contribution >= 0.6 is 0 Å². The van der Waals surface area contributed by atoms with Crippen LogP contribution in [0.3, 0.4) is 0 Å². The topological polar surface area (TPSA) is 63.4 Å². The molecule has 0 saturated heterocycles. The molecule has 0 fully saturated rings. The van der Waals surface area contributed by atoms with Crippen LogP contribution in [0.4, 0.5) is 0 Å². The molecule has 0 spiro atoms. The number of nitrogens with zero attached hydrogens (tertiary/aromatic N) is 1. The van der Waals surface area contributed by atoms with Crippen LogP contribution in [0.5, 0.6) is 0 Å². The Hall–Kier alpha value is -1.16. The molecule has 0 aromatic rings. The summed E-state index contributed by atoms with van der Waals surface area (Å²) in [5, 5.41) is 0. The molecule has 0 saturated carbocycles. The van der Waals surface area contributed by atoms with Crippen molar-refractivity contribution in [2.75, 3.05) is 6.54 Å². The first-order chi connectivity index (χ1) is 5.16. The smallest absolute Gasteiger partial charge is 0.253 e. The van der Waals surface area contributed by atoms with Gasteiger partial charge in [-0.25, -0.2) is 0 Å². The molecule has 60 valence electrons. The second kappa shape index (κ2) is 2.84. The molecule has 2 N–H and O–H groups in total. The van der Waals surface area contributed by atoms with Crippen molar-refractivity contribution in [3.8, 4) is 0 Å². The Morgan fingerprint density at radius 1 is 1.45 bits per heavy atom. The average molecular weight is 154 g/mol. The summed E-state index contributed by atoms with van der Waals surface area (Å²) in [6.07, 6.45) is 2.52. The van der Waals surface area contributed by atoms with Gasteiger partial charge in [-0.05, 0) is 6.92 Å². The largest absolute Gasteiger partial charge is 0.328 e. The summed E-state index contributed by atoms with van der Waals surface area (Å²) in [5.74, 6) is -0.541. The molecule has 0 bridgehead atoms. The molecule has 1 atom stereocenters. The van der Waals surface area contributed by atoms with Gasteiger partial charge in [0.2, 0.25) is 0 Å².